The van der Waals surface area contributed by atoms with Crippen molar-refractivity contribution in [3.63, 3.8) is 0 Å². The highest BCUT2D eigenvalue weighted by atomic mass is 16.5. The standard InChI is InChI=1S/C18H14O4/c1-22-12-6-4-5-11(9-12)17(20)15-10-16(19)13-7-2-3-8-14(13)18(15)21/h2-10,19,21H,1H3. The number of carbonyl (C=O) groups is 1. The number of benzene rings is 3. The fourth-order valence-corrected chi connectivity index (χ4v) is 2.43. The number of ketones is 1. The van der Waals surface area contributed by atoms with Crippen molar-refractivity contribution < 1.29 is 19.7 Å². The second-order valence-electron chi connectivity index (χ2n) is 4.90. The van der Waals surface area contributed by atoms with Crippen molar-refractivity contribution >= 4 is 16.6 Å². The van der Waals surface area contributed by atoms with Crippen LogP contribution in [0.3, 0.4) is 0 Å². The van der Waals surface area contributed by atoms with Gasteiger partial charge in [0.15, 0.2) is 5.78 Å². The highest BCUT2D eigenvalue weighted by Crippen LogP contribution is 2.36. The molecule has 110 valence electrons. The molecule has 0 aliphatic heterocycles. The Labute approximate surface area is 127 Å². The Balaban J connectivity index is 2.17. The van der Waals surface area contributed by atoms with Crippen LogP contribution in [0.25, 0.3) is 10.8 Å². The average Bonchev–Trinajstić information content (AvgIpc) is 2.57. The topological polar surface area (TPSA) is 66.8 Å². The molecule has 22 heavy (non-hydrogen) atoms. The Kier molecular flexibility index (Phi) is 3.43. The number of methoxy groups -OCH3 is 1. The average molecular weight is 294 g/mol. The SMILES string of the molecule is COc1cccc(C(=O)c2cc(O)c3ccccc3c2O)c1. The maximum absolute atomic E-state index is 12.6. The number of aromatic hydroxyl groups is 2. The highest BCUT2D eigenvalue weighted by molar-refractivity contribution is 6.14. The fraction of sp³-hybridized carbons (Fsp3) is 0.0556. The second-order valence-corrected chi connectivity index (χ2v) is 4.90. The molecule has 0 spiro atoms. The molecule has 2 N–H and O–H groups in total. The molecule has 0 saturated heterocycles. The summed E-state index contributed by atoms with van der Waals surface area (Å²) in [5, 5.41) is 21.4. The number of rotatable bonds is 3. The lowest BCUT2D eigenvalue weighted by atomic mass is 9.97. The van der Waals surface area contributed by atoms with Crippen LogP contribution in [0.15, 0.2) is 54.6 Å². The first-order valence-electron chi connectivity index (χ1n) is 6.74. The first-order chi connectivity index (χ1) is 10.6. The second kappa shape index (κ2) is 5.41. The molecular formula is C18H14O4. The minimum atomic E-state index is -0.377. The number of phenolic OH excluding ortho intramolecular Hbond substituents is 2. The van der Waals surface area contributed by atoms with E-state index in [9.17, 15) is 15.0 Å². The van der Waals surface area contributed by atoms with Gasteiger partial charge >= 0.3 is 0 Å². The van der Waals surface area contributed by atoms with Crippen molar-refractivity contribution in [2.24, 2.45) is 0 Å². The van der Waals surface area contributed by atoms with E-state index in [0.29, 0.717) is 22.1 Å². The van der Waals surface area contributed by atoms with Crippen molar-refractivity contribution in [3.05, 3.63) is 65.7 Å². The molecule has 0 heterocycles. The van der Waals surface area contributed by atoms with Crippen molar-refractivity contribution in [3.8, 4) is 17.2 Å². The lowest BCUT2D eigenvalue weighted by Crippen LogP contribution is -2.02. The van der Waals surface area contributed by atoms with E-state index in [4.69, 9.17) is 4.74 Å². The van der Waals surface area contributed by atoms with Gasteiger partial charge < -0.3 is 14.9 Å². The van der Waals surface area contributed by atoms with E-state index in [1.165, 1.54) is 13.2 Å². The molecule has 0 saturated carbocycles. The first kappa shape index (κ1) is 13.9. The quantitative estimate of drug-likeness (QED) is 0.573. The third kappa shape index (κ3) is 2.24. The molecule has 0 aliphatic rings. The summed E-state index contributed by atoms with van der Waals surface area (Å²) in [5.41, 5.74) is 0.439. The first-order valence-corrected chi connectivity index (χ1v) is 6.74. The Morgan fingerprint density at radius 1 is 0.955 bits per heavy atom. The molecule has 3 aromatic rings. The maximum Gasteiger partial charge on any atom is 0.197 e. The van der Waals surface area contributed by atoms with Gasteiger partial charge in [-0.1, -0.05) is 36.4 Å². The van der Waals surface area contributed by atoms with Crippen LogP contribution in [0.5, 0.6) is 17.2 Å². The van der Waals surface area contributed by atoms with Gasteiger partial charge in [-0.25, -0.2) is 0 Å². The number of hydrogen-bond donors (Lipinski definition) is 2. The molecule has 4 heteroatoms. The molecule has 0 radical (unpaired) electrons. The normalized spacial score (nSPS) is 10.6. The van der Waals surface area contributed by atoms with Gasteiger partial charge in [-0.15, -0.1) is 0 Å². The molecule has 3 aromatic carbocycles. The molecule has 0 unspecified atom stereocenters. The zero-order valence-electron chi connectivity index (χ0n) is 11.9. The lowest BCUT2D eigenvalue weighted by Gasteiger charge is -2.10. The van der Waals surface area contributed by atoms with Crippen molar-refractivity contribution in [1.82, 2.24) is 0 Å². The Bertz CT molecular complexity index is 868. The Morgan fingerprint density at radius 2 is 1.68 bits per heavy atom. The van der Waals surface area contributed by atoms with Gasteiger partial charge in [0.2, 0.25) is 0 Å². The maximum atomic E-state index is 12.6. The Morgan fingerprint density at radius 3 is 2.41 bits per heavy atom. The number of ether oxygens (including phenoxy) is 1. The number of phenols is 2. The van der Waals surface area contributed by atoms with Gasteiger partial charge in [-0.05, 0) is 18.2 Å². The van der Waals surface area contributed by atoms with Crippen molar-refractivity contribution in [2.75, 3.05) is 7.11 Å². The van der Waals surface area contributed by atoms with Crippen LogP contribution in [0.1, 0.15) is 15.9 Å². The van der Waals surface area contributed by atoms with E-state index < -0.39 is 0 Å². The summed E-state index contributed by atoms with van der Waals surface area (Å²) in [6.45, 7) is 0. The molecule has 0 fully saturated rings. The van der Waals surface area contributed by atoms with Gasteiger partial charge in [-0.3, -0.25) is 4.79 Å². The van der Waals surface area contributed by atoms with Crippen LogP contribution in [0, 0.1) is 0 Å². The van der Waals surface area contributed by atoms with Crippen LogP contribution < -0.4 is 4.74 Å². The molecular weight excluding hydrogens is 280 g/mol. The predicted molar refractivity (Wildman–Crippen MR) is 83.7 cm³/mol. The largest absolute Gasteiger partial charge is 0.507 e. The molecule has 0 aromatic heterocycles. The van der Waals surface area contributed by atoms with Gasteiger partial charge in [0, 0.05) is 16.3 Å². The third-order valence-corrected chi connectivity index (χ3v) is 3.57. The lowest BCUT2D eigenvalue weighted by molar-refractivity contribution is 0.103. The number of hydrogen-bond acceptors (Lipinski definition) is 4. The number of carbonyl (C=O) groups excluding carboxylic acids is 1. The van der Waals surface area contributed by atoms with E-state index in [0.717, 1.165) is 0 Å². The van der Waals surface area contributed by atoms with Crippen molar-refractivity contribution in [2.45, 2.75) is 0 Å². The van der Waals surface area contributed by atoms with E-state index in [2.05, 4.69) is 0 Å². The van der Waals surface area contributed by atoms with E-state index >= 15 is 0 Å². The van der Waals surface area contributed by atoms with Crippen LogP contribution in [-0.2, 0) is 0 Å². The summed E-state index contributed by atoms with van der Waals surface area (Å²) in [6, 6.07) is 14.8. The number of fused-ring (bicyclic) bond motifs is 1. The monoisotopic (exact) mass is 294 g/mol. The van der Waals surface area contributed by atoms with Crippen LogP contribution >= 0.6 is 0 Å². The molecule has 0 aliphatic carbocycles. The van der Waals surface area contributed by atoms with Gasteiger partial charge in [0.1, 0.15) is 17.2 Å². The summed E-state index contributed by atoms with van der Waals surface area (Å²) < 4.78 is 5.10. The zero-order valence-corrected chi connectivity index (χ0v) is 11.9. The van der Waals surface area contributed by atoms with Crippen LogP contribution in [0.2, 0.25) is 0 Å². The van der Waals surface area contributed by atoms with Crippen molar-refractivity contribution in [1.29, 1.82) is 0 Å². The molecule has 0 amide bonds. The Hall–Kier alpha value is -3.01. The summed E-state index contributed by atoms with van der Waals surface area (Å²) in [4.78, 5) is 12.6. The fourth-order valence-electron chi connectivity index (χ4n) is 2.43. The molecule has 4 nitrogen and oxygen atoms in total. The van der Waals surface area contributed by atoms with E-state index in [1.807, 2.05) is 0 Å². The summed E-state index contributed by atoms with van der Waals surface area (Å²) >= 11 is 0. The summed E-state index contributed by atoms with van der Waals surface area (Å²) in [6.07, 6.45) is 0. The van der Waals surface area contributed by atoms with Crippen LogP contribution in [0.4, 0.5) is 0 Å². The predicted octanol–water partition coefficient (Wildman–Crippen LogP) is 3.49. The zero-order chi connectivity index (χ0) is 15.7. The molecule has 0 atom stereocenters. The minimum absolute atomic E-state index is 0.0420. The van der Waals surface area contributed by atoms with Gasteiger partial charge in [0.05, 0.1) is 12.7 Å². The highest BCUT2D eigenvalue weighted by Gasteiger charge is 2.18. The van der Waals surface area contributed by atoms with Gasteiger partial charge in [-0.2, -0.15) is 0 Å². The smallest absolute Gasteiger partial charge is 0.197 e. The van der Waals surface area contributed by atoms with Gasteiger partial charge in [0.25, 0.3) is 0 Å². The molecule has 0 bridgehead atoms. The third-order valence-electron chi connectivity index (χ3n) is 3.57. The van der Waals surface area contributed by atoms with E-state index in [-0.39, 0.29) is 22.8 Å². The summed E-state index contributed by atoms with van der Waals surface area (Å²) in [5.74, 6) is -0.00586. The van der Waals surface area contributed by atoms with Crippen LogP contribution in [-0.4, -0.2) is 23.1 Å². The summed E-state index contributed by atoms with van der Waals surface area (Å²) in [7, 11) is 1.52. The van der Waals surface area contributed by atoms with E-state index in [1.54, 1.807) is 48.5 Å². The minimum Gasteiger partial charge on any atom is -0.507 e. The molecule has 3 rings (SSSR count).